The van der Waals surface area contributed by atoms with Gasteiger partial charge in [0, 0.05) is 18.8 Å². The lowest BCUT2D eigenvalue weighted by atomic mass is 10.2. The number of aromatic nitrogens is 4. The molecule has 0 N–H and O–H groups in total. The fourth-order valence-electron chi connectivity index (χ4n) is 3.22. The summed E-state index contributed by atoms with van der Waals surface area (Å²) in [7, 11) is 0. The van der Waals surface area contributed by atoms with Gasteiger partial charge in [-0.05, 0) is 37.6 Å². The van der Waals surface area contributed by atoms with Gasteiger partial charge in [-0.1, -0.05) is 0 Å². The second-order valence-corrected chi connectivity index (χ2v) is 6.47. The van der Waals surface area contributed by atoms with Gasteiger partial charge in [0.1, 0.15) is 17.1 Å². The van der Waals surface area contributed by atoms with Crippen molar-refractivity contribution >= 4 is 17.1 Å². The molecule has 0 spiro atoms. The van der Waals surface area contributed by atoms with Crippen LogP contribution in [-0.2, 0) is 4.74 Å². The molecular weight excluding hydrogens is 375 g/mol. The van der Waals surface area contributed by atoms with Crippen molar-refractivity contribution < 1.29 is 22.6 Å². The van der Waals surface area contributed by atoms with Crippen molar-refractivity contribution in [2.45, 2.75) is 20.2 Å². The quantitative estimate of drug-likeness (QED) is 0.681. The highest BCUT2D eigenvalue weighted by Crippen LogP contribution is 2.29. The molecule has 0 unspecified atom stereocenters. The fourth-order valence-corrected chi connectivity index (χ4v) is 3.22. The molecule has 3 heterocycles. The van der Waals surface area contributed by atoms with Crippen LogP contribution in [0, 0.1) is 13.8 Å². The first-order valence-electron chi connectivity index (χ1n) is 8.73. The minimum atomic E-state index is -4.73. The number of fused-ring (bicyclic) bond motifs is 1. The number of morpholine rings is 1. The summed E-state index contributed by atoms with van der Waals surface area (Å²) < 4.78 is 48.8. The standard InChI is InChI=1S/C18H18F3N5O2/c1-11-9-13(3-4-15(11)28-18(19,20)21)26-12(2)23-14-10-22-17(24-16(14)26)25-5-7-27-8-6-25/h3-4,9-10H,5-8H2,1-2H3. The Morgan fingerprint density at radius 1 is 1.11 bits per heavy atom. The lowest BCUT2D eigenvalue weighted by Gasteiger charge is -2.26. The summed E-state index contributed by atoms with van der Waals surface area (Å²) in [4.78, 5) is 15.5. The molecule has 148 valence electrons. The fraction of sp³-hybridized carbons (Fsp3) is 0.389. The first kappa shape index (κ1) is 18.5. The number of aryl methyl sites for hydroxylation is 2. The smallest absolute Gasteiger partial charge is 0.406 e. The maximum absolute atomic E-state index is 12.5. The van der Waals surface area contributed by atoms with Crippen LogP contribution in [0.15, 0.2) is 24.4 Å². The molecule has 1 fully saturated rings. The SMILES string of the molecule is Cc1cc(-n2c(C)nc3cnc(N4CCOCC4)nc32)ccc1OC(F)(F)F. The largest absolute Gasteiger partial charge is 0.573 e. The van der Waals surface area contributed by atoms with Gasteiger partial charge in [-0.25, -0.2) is 9.97 Å². The minimum absolute atomic E-state index is 0.234. The summed E-state index contributed by atoms with van der Waals surface area (Å²) >= 11 is 0. The van der Waals surface area contributed by atoms with Crippen molar-refractivity contribution in [2.75, 3.05) is 31.2 Å². The van der Waals surface area contributed by atoms with Crippen molar-refractivity contribution in [1.82, 2.24) is 19.5 Å². The molecule has 1 aromatic carbocycles. The third-order valence-electron chi connectivity index (χ3n) is 4.49. The topological polar surface area (TPSA) is 65.3 Å². The summed E-state index contributed by atoms with van der Waals surface area (Å²) in [6.45, 7) is 5.99. The van der Waals surface area contributed by atoms with E-state index in [1.807, 2.05) is 11.8 Å². The average molecular weight is 393 g/mol. The Hall–Kier alpha value is -2.88. The first-order valence-corrected chi connectivity index (χ1v) is 8.73. The molecule has 0 amide bonds. The summed E-state index contributed by atoms with van der Waals surface area (Å²) in [5.74, 6) is 1.000. The molecule has 4 rings (SSSR count). The van der Waals surface area contributed by atoms with E-state index in [9.17, 15) is 13.2 Å². The van der Waals surface area contributed by atoms with Gasteiger partial charge < -0.3 is 14.4 Å². The van der Waals surface area contributed by atoms with E-state index in [4.69, 9.17) is 4.74 Å². The van der Waals surface area contributed by atoms with E-state index in [1.54, 1.807) is 29.8 Å². The lowest BCUT2D eigenvalue weighted by Crippen LogP contribution is -2.37. The molecule has 1 saturated heterocycles. The Morgan fingerprint density at radius 2 is 1.86 bits per heavy atom. The van der Waals surface area contributed by atoms with Crippen LogP contribution in [0.1, 0.15) is 11.4 Å². The van der Waals surface area contributed by atoms with Crippen LogP contribution in [0.2, 0.25) is 0 Å². The minimum Gasteiger partial charge on any atom is -0.406 e. The van der Waals surface area contributed by atoms with Crippen LogP contribution in [-0.4, -0.2) is 52.2 Å². The van der Waals surface area contributed by atoms with Gasteiger partial charge in [0.2, 0.25) is 5.95 Å². The van der Waals surface area contributed by atoms with Gasteiger partial charge in [0.15, 0.2) is 5.65 Å². The Labute approximate surface area is 158 Å². The summed E-state index contributed by atoms with van der Waals surface area (Å²) in [6, 6.07) is 4.47. The third kappa shape index (κ3) is 3.59. The van der Waals surface area contributed by atoms with Crippen LogP contribution >= 0.6 is 0 Å². The number of imidazole rings is 1. The maximum atomic E-state index is 12.5. The van der Waals surface area contributed by atoms with E-state index in [1.165, 1.54) is 6.07 Å². The normalized spacial score (nSPS) is 15.2. The molecule has 1 aliphatic heterocycles. The van der Waals surface area contributed by atoms with Gasteiger partial charge in [-0.2, -0.15) is 4.98 Å². The van der Waals surface area contributed by atoms with Crippen molar-refractivity contribution in [2.24, 2.45) is 0 Å². The predicted molar refractivity (Wildman–Crippen MR) is 95.8 cm³/mol. The van der Waals surface area contributed by atoms with Gasteiger partial charge in [-0.3, -0.25) is 4.57 Å². The molecular formula is C18H18F3N5O2. The van der Waals surface area contributed by atoms with Crippen molar-refractivity contribution in [3.63, 3.8) is 0 Å². The van der Waals surface area contributed by atoms with Gasteiger partial charge in [0.05, 0.1) is 19.4 Å². The highest BCUT2D eigenvalue weighted by Gasteiger charge is 2.31. The van der Waals surface area contributed by atoms with Crippen molar-refractivity contribution in [3.8, 4) is 11.4 Å². The Balaban J connectivity index is 1.75. The van der Waals surface area contributed by atoms with Crippen LogP contribution < -0.4 is 9.64 Å². The number of nitrogens with zero attached hydrogens (tertiary/aromatic N) is 5. The maximum Gasteiger partial charge on any atom is 0.573 e. The first-order chi connectivity index (χ1) is 13.3. The molecule has 3 aromatic rings. The monoisotopic (exact) mass is 393 g/mol. The number of halogens is 3. The second-order valence-electron chi connectivity index (χ2n) is 6.47. The zero-order valence-electron chi connectivity index (χ0n) is 15.3. The molecule has 10 heteroatoms. The molecule has 0 saturated carbocycles. The lowest BCUT2D eigenvalue weighted by molar-refractivity contribution is -0.274. The average Bonchev–Trinajstić information content (AvgIpc) is 2.98. The number of hydrogen-bond donors (Lipinski definition) is 0. The molecule has 28 heavy (non-hydrogen) atoms. The number of benzene rings is 1. The zero-order valence-corrected chi connectivity index (χ0v) is 15.3. The molecule has 7 nitrogen and oxygen atoms in total. The number of alkyl halides is 3. The van der Waals surface area contributed by atoms with Crippen molar-refractivity contribution in [3.05, 3.63) is 35.8 Å². The molecule has 0 radical (unpaired) electrons. The number of rotatable bonds is 3. The van der Waals surface area contributed by atoms with E-state index in [0.29, 0.717) is 60.5 Å². The summed E-state index contributed by atoms with van der Waals surface area (Å²) in [6.07, 6.45) is -3.07. The summed E-state index contributed by atoms with van der Waals surface area (Å²) in [5.41, 5.74) is 2.22. The predicted octanol–water partition coefficient (Wildman–Crippen LogP) is 3.17. The Kier molecular flexibility index (Phi) is 4.58. The van der Waals surface area contributed by atoms with Gasteiger partial charge >= 0.3 is 6.36 Å². The van der Waals surface area contributed by atoms with Crippen LogP contribution in [0.25, 0.3) is 16.9 Å². The van der Waals surface area contributed by atoms with Crippen LogP contribution in [0.5, 0.6) is 5.75 Å². The Bertz CT molecular complexity index is 1010. The van der Waals surface area contributed by atoms with Crippen LogP contribution in [0.4, 0.5) is 19.1 Å². The molecule has 0 atom stereocenters. The molecule has 0 bridgehead atoms. The second kappa shape index (κ2) is 6.93. The van der Waals surface area contributed by atoms with E-state index in [0.717, 1.165) is 0 Å². The van der Waals surface area contributed by atoms with E-state index in [2.05, 4.69) is 19.7 Å². The number of ether oxygens (including phenoxy) is 2. The molecule has 1 aliphatic rings. The molecule has 2 aromatic heterocycles. The van der Waals surface area contributed by atoms with Crippen LogP contribution in [0.3, 0.4) is 0 Å². The number of hydrogen-bond acceptors (Lipinski definition) is 6. The van der Waals surface area contributed by atoms with Gasteiger partial charge in [-0.15, -0.1) is 13.2 Å². The third-order valence-corrected chi connectivity index (χ3v) is 4.49. The molecule has 0 aliphatic carbocycles. The van der Waals surface area contributed by atoms with E-state index >= 15 is 0 Å². The van der Waals surface area contributed by atoms with E-state index < -0.39 is 6.36 Å². The van der Waals surface area contributed by atoms with E-state index in [-0.39, 0.29) is 5.75 Å². The number of anilines is 1. The van der Waals surface area contributed by atoms with Crippen molar-refractivity contribution in [1.29, 1.82) is 0 Å². The Morgan fingerprint density at radius 3 is 2.54 bits per heavy atom. The highest BCUT2D eigenvalue weighted by atomic mass is 19.4. The summed E-state index contributed by atoms with van der Waals surface area (Å²) in [5, 5.41) is 0. The zero-order chi connectivity index (χ0) is 19.9. The van der Waals surface area contributed by atoms with Gasteiger partial charge in [0.25, 0.3) is 0 Å². The highest BCUT2D eigenvalue weighted by molar-refractivity contribution is 5.74.